The highest BCUT2D eigenvalue weighted by Crippen LogP contribution is 2.48. The van der Waals surface area contributed by atoms with Gasteiger partial charge < -0.3 is 35.5 Å². The molecule has 3 heterocycles. The highest BCUT2D eigenvalue weighted by atomic mass is 32.2. The van der Waals surface area contributed by atoms with E-state index >= 15 is 0 Å². The number of hydrogen-bond donors (Lipinski definition) is 4. The average molecular weight is 894 g/mol. The van der Waals surface area contributed by atoms with Crippen LogP contribution in [0.3, 0.4) is 0 Å². The fourth-order valence-corrected chi connectivity index (χ4v) is 8.83. The van der Waals surface area contributed by atoms with Gasteiger partial charge >= 0.3 is 6.18 Å². The number of hydrogen-bond acceptors (Lipinski definition) is 12. The average Bonchev–Trinajstić information content (AvgIpc) is 4.07. The first-order valence-electron chi connectivity index (χ1n) is 20.4. The van der Waals surface area contributed by atoms with Gasteiger partial charge in [-0.2, -0.15) is 13.2 Å². The van der Waals surface area contributed by atoms with Gasteiger partial charge in [-0.25, -0.2) is 17.8 Å². The van der Waals surface area contributed by atoms with Crippen LogP contribution in [-0.2, 0) is 29.2 Å². The summed E-state index contributed by atoms with van der Waals surface area (Å²) in [6.07, 6.45) is 2.33. The molecule has 1 aromatic heterocycles. The van der Waals surface area contributed by atoms with E-state index in [9.17, 15) is 45.2 Å². The summed E-state index contributed by atoms with van der Waals surface area (Å²) in [5, 5.41) is 5.67. The van der Waals surface area contributed by atoms with Crippen molar-refractivity contribution in [1.82, 2.24) is 25.2 Å². The summed E-state index contributed by atoms with van der Waals surface area (Å²) in [5.74, 6) is -4.61. The van der Waals surface area contributed by atoms with E-state index in [2.05, 4.69) is 25.3 Å². The number of sulfonamides is 1. The molecule has 2 aliphatic heterocycles. The third-order valence-corrected chi connectivity index (χ3v) is 13.5. The lowest BCUT2D eigenvalue weighted by Gasteiger charge is -2.30. The van der Waals surface area contributed by atoms with Crippen molar-refractivity contribution < 1.29 is 59.4 Å². The molecule has 2 saturated carbocycles. The molecule has 4 amide bonds. The fraction of sp³-hybridized carbons (Fsp3) is 0.561. The molecule has 338 valence electrons. The van der Waals surface area contributed by atoms with Crippen LogP contribution in [0.25, 0.3) is 10.9 Å². The van der Waals surface area contributed by atoms with Crippen molar-refractivity contribution in [3.8, 4) is 17.4 Å². The van der Waals surface area contributed by atoms with Crippen molar-refractivity contribution in [1.29, 1.82) is 0 Å². The molecule has 1 unspecified atom stereocenters. The molecule has 0 bridgehead atoms. The summed E-state index contributed by atoms with van der Waals surface area (Å²) in [6, 6.07) is 1.45. The Bertz CT molecular complexity index is 2280. The highest BCUT2D eigenvalue weighted by molar-refractivity contribution is 7.91. The zero-order chi connectivity index (χ0) is 45.2. The smallest absolute Gasteiger partial charge is 0.407 e. The number of carbonyl (C=O) groups is 4. The Labute approximate surface area is 356 Å². The first-order valence-corrected chi connectivity index (χ1v) is 21.8. The molecule has 62 heavy (non-hydrogen) atoms. The molecule has 2 aliphatic carbocycles. The molecule has 0 radical (unpaired) electrons. The molecular formula is C41H51F4N7O9S. The van der Waals surface area contributed by atoms with E-state index < -0.39 is 92.3 Å². The number of rotatable bonds is 12. The Kier molecular flexibility index (Phi) is 13.4. The molecular weight excluding hydrogens is 843 g/mol. The Balaban J connectivity index is 1.35. The summed E-state index contributed by atoms with van der Waals surface area (Å²) < 4.78 is 97.8. The summed E-state index contributed by atoms with van der Waals surface area (Å²) in [5.41, 5.74) is 3.77. The topological polar surface area (TPSA) is 221 Å². The number of nitrogens with two attached hydrogens (primary N) is 1. The zero-order valence-electron chi connectivity index (χ0n) is 34.7. The van der Waals surface area contributed by atoms with Crippen LogP contribution in [0.2, 0.25) is 0 Å². The molecule has 1 aromatic carbocycles. The molecule has 5 N–H and O–H groups in total. The van der Waals surface area contributed by atoms with E-state index in [1.807, 2.05) is 6.08 Å². The number of amides is 4. The van der Waals surface area contributed by atoms with Crippen molar-refractivity contribution in [3.05, 3.63) is 47.9 Å². The zero-order valence-corrected chi connectivity index (χ0v) is 35.5. The number of carbonyl (C=O) groups excluding carboxylic acids is 4. The van der Waals surface area contributed by atoms with Crippen molar-refractivity contribution in [2.24, 2.45) is 16.6 Å². The molecule has 2 aromatic rings. The number of alkyl halides is 3. The number of methoxy groups -OCH3 is 1. The van der Waals surface area contributed by atoms with Crippen LogP contribution in [0.15, 0.2) is 47.1 Å². The fourth-order valence-electron chi connectivity index (χ4n) is 7.51. The maximum Gasteiger partial charge on any atom is 0.407 e. The predicted molar refractivity (Wildman–Crippen MR) is 218 cm³/mol. The maximum atomic E-state index is 14.9. The molecule has 3 fully saturated rings. The van der Waals surface area contributed by atoms with E-state index in [1.54, 1.807) is 19.9 Å². The lowest BCUT2D eigenvalue weighted by molar-refractivity contribution is -0.142. The van der Waals surface area contributed by atoms with Gasteiger partial charge in [-0.05, 0) is 77.5 Å². The van der Waals surface area contributed by atoms with Crippen LogP contribution in [0.5, 0.6) is 17.4 Å². The summed E-state index contributed by atoms with van der Waals surface area (Å²) in [6.45, 7) is 3.31. The predicted octanol–water partition coefficient (Wildman–Crippen LogP) is 3.87. The van der Waals surface area contributed by atoms with E-state index in [-0.39, 0.29) is 54.8 Å². The van der Waals surface area contributed by atoms with Crippen LogP contribution in [-0.4, -0.2) is 109 Å². The van der Waals surface area contributed by atoms with E-state index in [1.165, 1.54) is 37.1 Å². The van der Waals surface area contributed by atoms with E-state index in [0.29, 0.717) is 43.9 Å². The second-order valence-corrected chi connectivity index (χ2v) is 18.8. The molecule has 0 spiro atoms. The minimum absolute atomic E-state index is 0.0701. The number of aromatic nitrogens is 1. The van der Waals surface area contributed by atoms with Gasteiger partial charge in [-0.15, -0.1) is 0 Å². The van der Waals surface area contributed by atoms with Gasteiger partial charge in [0.15, 0.2) is 11.6 Å². The Morgan fingerprint density at radius 2 is 1.92 bits per heavy atom. The molecule has 5 atom stereocenters. The van der Waals surface area contributed by atoms with Crippen molar-refractivity contribution in [2.45, 2.75) is 119 Å². The lowest BCUT2D eigenvalue weighted by Crippen LogP contribution is -2.58. The number of ether oxygens (including phenoxy) is 3. The van der Waals surface area contributed by atoms with Gasteiger partial charge in [0.1, 0.15) is 41.5 Å². The normalized spacial score (nSPS) is 26.1. The van der Waals surface area contributed by atoms with E-state index in [4.69, 9.17) is 19.9 Å². The lowest BCUT2D eigenvalue weighted by atomic mass is 10.0. The van der Waals surface area contributed by atoms with Crippen LogP contribution in [0, 0.1) is 11.7 Å². The van der Waals surface area contributed by atoms with Crippen LogP contribution in [0.1, 0.15) is 78.6 Å². The number of allylic oxidation sites excluding steroid dienone is 2. The van der Waals surface area contributed by atoms with Gasteiger partial charge in [-0.1, -0.05) is 25.0 Å². The minimum Gasteiger partial charge on any atom is -0.491 e. The van der Waals surface area contributed by atoms with Gasteiger partial charge in [0.05, 0.1) is 30.2 Å². The van der Waals surface area contributed by atoms with Crippen LogP contribution in [0.4, 0.5) is 17.6 Å². The number of halogens is 4. The largest absolute Gasteiger partial charge is 0.491 e. The molecule has 1 saturated heterocycles. The van der Waals surface area contributed by atoms with Crippen molar-refractivity contribution >= 4 is 50.8 Å². The summed E-state index contributed by atoms with van der Waals surface area (Å²) >= 11 is 0. The minimum atomic E-state index is -4.58. The number of aliphatic imine (C=N–C) groups is 1. The quantitative estimate of drug-likeness (QED) is 0.104. The number of pyridine rings is 1. The summed E-state index contributed by atoms with van der Waals surface area (Å²) in [4.78, 5) is 65.2. The Hall–Kier alpha value is -5.47. The Morgan fingerprint density at radius 3 is 2.60 bits per heavy atom. The molecule has 4 aliphatic rings. The number of nitrogens with zero attached hydrogens (tertiary/aromatic N) is 3. The molecule has 16 nitrogen and oxygen atoms in total. The molecule has 6 rings (SSSR count). The second kappa shape index (κ2) is 18.1. The monoisotopic (exact) mass is 893 g/mol. The first kappa shape index (κ1) is 46.0. The SMILES string of the molecule is COc1c(F)ccc2c(O[C@@H]3C[C@H]4C(=O)N[C@]5(C(=O)NS(=O)(=O)C6(C)CC6)CC5/C=C\CCCCC[C@H](NC(=O)C(N)=CC=NCC(F)(F)F)C(=O)N4C3)cc(OC(C)C)nc12. The van der Waals surface area contributed by atoms with Crippen LogP contribution >= 0.6 is 0 Å². The van der Waals surface area contributed by atoms with E-state index in [0.717, 1.165) is 12.3 Å². The third-order valence-electron chi connectivity index (χ3n) is 11.4. The van der Waals surface area contributed by atoms with Crippen molar-refractivity contribution in [2.75, 3.05) is 20.2 Å². The number of benzene rings is 1. The van der Waals surface area contributed by atoms with Gasteiger partial charge in [0, 0.05) is 30.0 Å². The number of nitrogens with one attached hydrogen (secondary N) is 3. The second-order valence-electron chi connectivity index (χ2n) is 16.6. The van der Waals surface area contributed by atoms with Crippen molar-refractivity contribution in [3.63, 3.8) is 0 Å². The third kappa shape index (κ3) is 10.4. The standard InChI is InChI=1S/C41H51F4N7O9S/c1-23(2)60-32-19-31(26-12-13-27(42)34(59-4)33(26)49-32)61-25-18-30-36(54)50-40(38(56)51-62(57,58)39(3)15-16-39)20-24(40)10-8-6-5-7-9-11-29(37(55)52(30)21-25)48-35(53)28(46)14-17-47-22-41(43,44)45/h8,10,12-14,17,19,23-25,29-30H,5-7,9,11,15-16,18,20-22,46H2,1-4H3,(H,48,53)(H,50,54)(H,51,56)/b10-8-,28-14?,47-17?/t24?,25-,29+,30+,40-/m1/s1. The summed E-state index contributed by atoms with van der Waals surface area (Å²) in [7, 11) is -2.82. The van der Waals surface area contributed by atoms with Crippen LogP contribution < -0.4 is 35.3 Å². The van der Waals surface area contributed by atoms with Gasteiger partial charge in [0.25, 0.3) is 11.8 Å². The molecule has 21 heteroatoms. The Morgan fingerprint density at radius 1 is 1.18 bits per heavy atom. The highest BCUT2D eigenvalue weighted by Gasteiger charge is 2.63. The maximum absolute atomic E-state index is 14.9. The van der Waals surface area contributed by atoms with Gasteiger partial charge in [0.2, 0.25) is 27.7 Å². The first-order chi connectivity index (χ1) is 29.2. The number of fused-ring (bicyclic) bond motifs is 3. The van der Waals surface area contributed by atoms with Gasteiger partial charge in [-0.3, -0.25) is 28.9 Å².